The topological polar surface area (TPSA) is 9.23 Å². The third kappa shape index (κ3) is 3.14. The van der Waals surface area contributed by atoms with Gasteiger partial charge in [0.05, 0.1) is 0 Å². The van der Waals surface area contributed by atoms with Gasteiger partial charge in [-0.1, -0.05) is 54.2 Å². The van der Waals surface area contributed by atoms with Gasteiger partial charge in [0, 0.05) is 10.9 Å². The Morgan fingerprint density at radius 2 is 1.88 bits per heavy atom. The van der Waals surface area contributed by atoms with Crippen LogP contribution in [-0.4, -0.2) is 5.37 Å². The summed E-state index contributed by atoms with van der Waals surface area (Å²) in [6, 6.07) is 16.1. The molecule has 2 aromatic carbocycles. The number of benzene rings is 2. The van der Waals surface area contributed by atoms with Gasteiger partial charge in [0.2, 0.25) is 0 Å². The van der Waals surface area contributed by atoms with Gasteiger partial charge in [-0.3, -0.25) is 0 Å². The summed E-state index contributed by atoms with van der Waals surface area (Å²) in [6.45, 7) is 2.61. The van der Waals surface area contributed by atoms with Gasteiger partial charge in [-0.15, -0.1) is 0 Å². The highest BCUT2D eigenvalue weighted by Gasteiger charge is 2.01. The van der Waals surface area contributed by atoms with Crippen LogP contribution in [0.1, 0.15) is 16.7 Å². The lowest BCUT2D eigenvalue weighted by atomic mass is 10.1. The average molecular weight is 242 g/mol. The van der Waals surface area contributed by atoms with Crippen LogP contribution in [0.15, 0.2) is 48.5 Å². The Kier molecular flexibility index (Phi) is 3.89. The van der Waals surface area contributed by atoms with Crippen molar-refractivity contribution in [3.05, 3.63) is 65.2 Å². The van der Waals surface area contributed by atoms with Crippen LogP contribution in [0.25, 0.3) is 0 Å². The normalized spacial score (nSPS) is 9.94. The molecule has 0 aromatic heterocycles. The molecule has 0 spiro atoms. The first-order valence-electron chi connectivity index (χ1n) is 5.52. The molecule has 2 aromatic rings. The van der Waals surface area contributed by atoms with E-state index in [0.717, 1.165) is 16.9 Å². The van der Waals surface area contributed by atoms with E-state index >= 15 is 0 Å². The minimum atomic E-state index is 0.570. The molecule has 0 bridgehead atoms. The number of hydrogen-bond donors (Lipinski definition) is 0. The Morgan fingerprint density at radius 3 is 2.59 bits per heavy atom. The van der Waals surface area contributed by atoms with Crippen LogP contribution in [0, 0.1) is 6.92 Å². The molecule has 1 nitrogen and oxygen atoms in total. The van der Waals surface area contributed by atoms with Gasteiger partial charge >= 0.3 is 0 Å². The monoisotopic (exact) mass is 242 g/mol. The van der Waals surface area contributed by atoms with Gasteiger partial charge in [-0.05, 0) is 24.6 Å². The summed E-state index contributed by atoms with van der Waals surface area (Å²) in [5, 5.41) is 1.66. The molecule has 0 N–H and O–H groups in total. The minimum Gasteiger partial charge on any atom is -0.488 e. The van der Waals surface area contributed by atoms with Crippen molar-refractivity contribution >= 4 is 17.6 Å². The van der Waals surface area contributed by atoms with Gasteiger partial charge in [0.25, 0.3) is 0 Å². The molecule has 0 heterocycles. The average Bonchev–Trinajstić information content (AvgIpc) is 2.38. The predicted molar refractivity (Wildman–Crippen MR) is 74.7 cm³/mol. The van der Waals surface area contributed by atoms with Crippen molar-refractivity contribution in [3.63, 3.8) is 0 Å². The smallest absolute Gasteiger partial charge is 0.127 e. The summed E-state index contributed by atoms with van der Waals surface area (Å²) < 4.78 is 5.77. The van der Waals surface area contributed by atoms with Crippen LogP contribution in [0.3, 0.4) is 0 Å². The second-order valence-corrected chi connectivity index (χ2v) is 4.17. The first-order chi connectivity index (χ1) is 8.29. The van der Waals surface area contributed by atoms with E-state index in [9.17, 15) is 0 Å². The Balaban J connectivity index is 2.11. The summed E-state index contributed by atoms with van der Waals surface area (Å²) in [4.78, 5) is 0. The molecular weight excluding hydrogens is 228 g/mol. The lowest BCUT2D eigenvalue weighted by molar-refractivity contribution is 0.306. The molecule has 0 aliphatic rings. The van der Waals surface area contributed by atoms with Crippen LogP contribution < -0.4 is 4.74 Å². The lowest BCUT2D eigenvalue weighted by Gasteiger charge is -2.09. The summed E-state index contributed by atoms with van der Waals surface area (Å²) in [7, 11) is 0. The van der Waals surface area contributed by atoms with Crippen LogP contribution in [-0.2, 0) is 6.61 Å². The standard InChI is InChI=1S/C15H14OS/c1-12-7-8-15(14(9-12)11-17)16-10-13-5-3-2-4-6-13/h2-9,11H,10H2,1H3. The van der Waals surface area contributed by atoms with Crippen LogP contribution in [0.2, 0.25) is 0 Å². The first kappa shape index (κ1) is 11.8. The number of rotatable bonds is 4. The van der Waals surface area contributed by atoms with E-state index in [4.69, 9.17) is 17.0 Å². The van der Waals surface area contributed by atoms with E-state index in [0.29, 0.717) is 6.61 Å². The van der Waals surface area contributed by atoms with Crippen LogP contribution in [0.5, 0.6) is 5.75 Å². The molecule has 2 heteroatoms. The SMILES string of the molecule is Cc1ccc(OCc2ccccc2)c(C=S)c1. The predicted octanol–water partition coefficient (Wildman–Crippen LogP) is 3.92. The van der Waals surface area contributed by atoms with Crippen molar-refractivity contribution in [1.82, 2.24) is 0 Å². The maximum atomic E-state index is 5.77. The Bertz CT molecular complexity index is 506. The first-order valence-corrected chi connectivity index (χ1v) is 5.99. The second-order valence-electron chi connectivity index (χ2n) is 3.93. The zero-order valence-corrected chi connectivity index (χ0v) is 10.5. The van der Waals surface area contributed by atoms with Crippen molar-refractivity contribution in [1.29, 1.82) is 0 Å². The van der Waals surface area contributed by atoms with Gasteiger partial charge in [-0.25, -0.2) is 0 Å². The van der Waals surface area contributed by atoms with Crippen LogP contribution in [0.4, 0.5) is 0 Å². The second kappa shape index (κ2) is 5.60. The minimum absolute atomic E-state index is 0.570. The van der Waals surface area contributed by atoms with E-state index in [1.807, 2.05) is 55.5 Å². The van der Waals surface area contributed by atoms with E-state index in [1.54, 1.807) is 5.37 Å². The Morgan fingerprint density at radius 1 is 1.12 bits per heavy atom. The van der Waals surface area contributed by atoms with Crippen molar-refractivity contribution in [2.24, 2.45) is 0 Å². The zero-order valence-electron chi connectivity index (χ0n) is 9.72. The molecule has 2 rings (SSSR count). The molecule has 0 fully saturated rings. The van der Waals surface area contributed by atoms with Crippen molar-refractivity contribution in [2.75, 3.05) is 0 Å². The zero-order chi connectivity index (χ0) is 12.1. The molecule has 0 unspecified atom stereocenters. The summed E-state index contributed by atoms with van der Waals surface area (Å²) in [5.41, 5.74) is 3.31. The molecule has 17 heavy (non-hydrogen) atoms. The van der Waals surface area contributed by atoms with E-state index in [1.165, 1.54) is 5.56 Å². The highest BCUT2D eigenvalue weighted by molar-refractivity contribution is 7.79. The highest BCUT2D eigenvalue weighted by Crippen LogP contribution is 2.19. The molecule has 0 aliphatic carbocycles. The number of hydrogen-bond acceptors (Lipinski definition) is 2. The van der Waals surface area contributed by atoms with Crippen molar-refractivity contribution in [2.45, 2.75) is 13.5 Å². The Hall–Kier alpha value is -1.67. The fourth-order valence-electron chi connectivity index (χ4n) is 1.63. The van der Waals surface area contributed by atoms with Crippen molar-refractivity contribution in [3.8, 4) is 5.75 Å². The highest BCUT2D eigenvalue weighted by atomic mass is 32.1. The quantitative estimate of drug-likeness (QED) is 0.751. The van der Waals surface area contributed by atoms with Gasteiger partial charge in [0.1, 0.15) is 12.4 Å². The number of ether oxygens (including phenoxy) is 1. The fourth-order valence-corrected chi connectivity index (χ4v) is 1.81. The Labute approximate surface area is 107 Å². The third-order valence-corrected chi connectivity index (χ3v) is 2.78. The molecule has 0 saturated carbocycles. The molecule has 0 radical (unpaired) electrons. The largest absolute Gasteiger partial charge is 0.488 e. The summed E-state index contributed by atoms with van der Waals surface area (Å²) in [6.07, 6.45) is 0. The van der Waals surface area contributed by atoms with E-state index < -0.39 is 0 Å². The summed E-state index contributed by atoms with van der Waals surface area (Å²) >= 11 is 4.99. The molecule has 0 atom stereocenters. The third-order valence-electron chi connectivity index (χ3n) is 2.53. The van der Waals surface area contributed by atoms with Crippen LogP contribution >= 0.6 is 12.2 Å². The molecule has 0 saturated heterocycles. The van der Waals surface area contributed by atoms with Gasteiger partial charge < -0.3 is 4.74 Å². The van der Waals surface area contributed by atoms with Crippen molar-refractivity contribution < 1.29 is 4.74 Å². The van der Waals surface area contributed by atoms with Gasteiger partial charge in [-0.2, -0.15) is 0 Å². The molecular formula is C15H14OS. The lowest BCUT2D eigenvalue weighted by Crippen LogP contribution is -1.98. The van der Waals surface area contributed by atoms with Gasteiger partial charge in [0.15, 0.2) is 0 Å². The van der Waals surface area contributed by atoms with E-state index in [2.05, 4.69) is 0 Å². The summed E-state index contributed by atoms with van der Waals surface area (Å²) in [5.74, 6) is 0.842. The maximum absolute atomic E-state index is 5.77. The number of thiocarbonyl (C=S) groups is 1. The number of aryl methyl sites for hydroxylation is 1. The molecule has 0 aliphatic heterocycles. The fraction of sp³-hybridized carbons (Fsp3) is 0.133. The molecule has 0 amide bonds. The van der Waals surface area contributed by atoms with E-state index in [-0.39, 0.29) is 0 Å². The molecule has 86 valence electrons. The maximum Gasteiger partial charge on any atom is 0.127 e.